The molecule has 0 aliphatic heterocycles. The van der Waals surface area contributed by atoms with E-state index >= 15 is 0 Å². The Bertz CT molecular complexity index is 465. The molecule has 0 fully saturated rings. The Morgan fingerprint density at radius 2 is 1.88 bits per heavy atom. The molecule has 1 aromatic carbocycles. The van der Waals surface area contributed by atoms with Crippen molar-refractivity contribution < 1.29 is 0 Å². The second kappa shape index (κ2) is 4.39. The summed E-state index contributed by atoms with van der Waals surface area (Å²) in [7, 11) is 0. The van der Waals surface area contributed by atoms with E-state index in [0.717, 1.165) is 18.1 Å². The molecule has 0 saturated heterocycles. The van der Waals surface area contributed by atoms with Crippen LogP contribution in [0.15, 0.2) is 30.5 Å². The smallest absolute Gasteiger partial charge is 0.129 e. The molecule has 0 spiro atoms. The van der Waals surface area contributed by atoms with Crippen LogP contribution in [0.4, 0.5) is 5.82 Å². The highest BCUT2D eigenvalue weighted by Crippen LogP contribution is 2.17. The Morgan fingerprint density at radius 1 is 1.19 bits per heavy atom. The molecule has 3 heteroatoms. The van der Waals surface area contributed by atoms with Gasteiger partial charge in [-0.25, -0.2) is 4.68 Å². The predicted molar refractivity (Wildman–Crippen MR) is 67.2 cm³/mol. The molecule has 0 saturated carbocycles. The van der Waals surface area contributed by atoms with Crippen molar-refractivity contribution in [3.05, 3.63) is 41.6 Å². The van der Waals surface area contributed by atoms with Gasteiger partial charge >= 0.3 is 0 Å². The van der Waals surface area contributed by atoms with E-state index in [-0.39, 0.29) is 0 Å². The van der Waals surface area contributed by atoms with Crippen molar-refractivity contribution >= 4 is 5.82 Å². The molecular formula is C13H17N3. The minimum Gasteiger partial charge on any atom is -0.370 e. The minimum absolute atomic E-state index is 0.899. The number of nitrogens with zero attached hydrogens (tertiary/aromatic N) is 2. The first-order valence-corrected chi connectivity index (χ1v) is 5.57. The largest absolute Gasteiger partial charge is 0.370 e. The van der Waals surface area contributed by atoms with Gasteiger partial charge < -0.3 is 5.32 Å². The Balaban J connectivity index is 2.45. The van der Waals surface area contributed by atoms with Crippen LogP contribution in [-0.4, -0.2) is 16.3 Å². The van der Waals surface area contributed by atoms with Crippen LogP contribution in [0.25, 0.3) is 5.69 Å². The van der Waals surface area contributed by atoms with Gasteiger partial charge in [-0.05, 0) is 44.0 Å². The third-order valence-corrected chi connectivity index (χ3v) is 2.45. The zero-order valence-electron chi connectivity index (χ0n) is 9.99. The maximum atomic E-state index is 4.34. The molecule has 0 aliphatic carbocycles. The lowest BCUT2D eigenvalue weighted by Crippen LogP contribution is -2.05. The summed E-state index contributed by atoms with van der Waals surface area (Å²) in [5.74, 6) is 1.03. The fraction of sp³-hybridized carbons (Fsp3) is 0.308. The van der Waals surface area contributed by atoms with Crippen LogP contribution in [-0.2, 0) is 0 Å². The van der Waals surface area contributed by atoms with Crippen LogP contribution < -0.4 is 5.32 Å². The van der Waals surface area contributed by atoms with E-state index in [1.165, 1.54) is 11.1 Å². The Labute approximate surface area is 96.1 Å². The van der Waals surface area contributed by atoms with E-state index in [4.69, 9.17) is 0 Å². The Morgan fingerprint density at radius 3 is 2.50 bits per heavy atom. The molecule has 0 radical (unpaired) electrons. The number of hydrogen-bond acceptors (Lipinski definition) is 2. The molecule has 0 amide bonds. The highest BCUT2D eigenvalue weighted by atomic mass is 15.3. The number of rotatable bonds is 3. The number of hydrogen-bond donors (Lipinski definition) is 1. The molecule has 0 atom stereocenters. The summed E-state index contributed by atoms with van der Waals surface area (Å²) >= 11 is 0. The molecule has 2 rings (SSSR count). The molecule has 1 heterocycles. The normalized spacial score (nSPS) is 10.4. The van der Waals surface area contributed by atoms with Gasteiger partial charge in [0.1, 0.15) is 5.82 Å². The molecule has 3 nitrogen and oxygen atoms in total. The highest BCUT2D eigenvalue weighted by Gasteiger charge is 2.04. The van der Waals surface area contributed by atoms with Crippen LogP contribution in [0, 0.1) is 13.8 Å². The minimum atomic E-state index is 0.899. The van der Waals surface area contributed by atoms with Crippen molar-refractivity contribution in [3.8, 4) is 5.69 Å². The van der Waals surface area contributed by atoms with Crippen LogP contribution in [0.3, 0.4) is 0 Å². The summed E-state index contributed by atoms with van der Waals surface area (Å²) in [5, 5.41) is 7.64. The third-order valence-electron chi connectivity index (χ3n) is 2.45. The molecule has 2 aromatic rings. The SMILES string of the molecule is CCNc1ccnn1-c1cc(C)cc(C)c1. The number of nitrogens with one attached hydrogen (secondary N) is 1. The highest BCUT2D eigenvalue weighted by molar-refractivity contribution is 5.47. The van der Waals surface area contributed by atoms with E-state index in [9.17, 15) is 0 Å². The van der Waals surface area contributed by atoms with Crippen molar-refractivity contribution in [2.24, 2.45) is 0 Å². The van der Waals surface area contributed by atoms with Gasteiger partial charge in [-0.1, -0.05) is 6.07 Å². The van der Waals surface area contributed by atoms with Crippen molar-refractivity contribution in [1.29, 1.82) is 0 Å². The maximum Gasteiger partial charge on any atom is 0.129 e. The molecule has 0 aliphatic rings. The average Bonchev–Trinajstić information content (AvgIpc) is 2.65. The van der Waals surface area contributed by atoms with Crippen molar-refractivity contribution in [1.82, 2.24) is 9.78 Å². The fourth-order valence-corrected chi connectivity index (χ4v) is 1.90. The first kappa shape index (κ1) is 10.7. The maximum absolute atomic E-state index is 4.34. The fourth-order valence-electron chi connectivity index (χ4n) is 1.90. The molecule has 84 valence electrons. The molecule has 1 aromatic heterocycles. The monoisotopic (exact) mass is 215 g/mol. The van der Waals surface area contributed by atoms with Gasteiger partial charge in [0, 0.05) is 12.6 Å². The van der Waals surface area contributed by atoms with Gasteiger partial charge in [0.05, 0.1) is 11.9 Å². The zero-order chi connectivity index (χ0) is 11.5. The summed E-state index contributed by atoms with van der Waals surface area (Å²) in [6.07, 6.45) is 1.82. The van der Waals surface area contributed by atoms with E-state index in [0.29, 0.717) is 0 Å². The van der Waals surface area contributed by atoms with Crippen molar-refractivity contribution in [2.75, 3.05) is 11.9 Å². The van der Waals surface area contributed by atoms with E-state index < -0.39 is 0 Å². The van der Waals surface area contributed by atoms with Crippen LogP contribution in [0.1, 0.15) is 18.1 Å². The molecule has 0 unspecified atom stereocenters. The molecular weight excluding hydrogens is 198 g/mol. The lowest BCUT2D eigenvalue weighted by molar-refractivity contribution is 0.876. The Kier molecular flexibility index (Phi) is 2.95. The quantitative estimate of drug-likeness (QED) is 0.853. The number of aromatic nitrogens is 2. The molecule has 16 heavy (non-hydrogen) atoms. The summed E-state index contributed by atoms with van der Waals surface area (Å²) in [6.45, 7) is 7.19. The summed E-state index contributed by atoms with van der Waals surface area (Å²) < 4.78 is 1.93. The van der Waals surface area contributed by atoms with Crippen LogP contribution in [0.2, 0.25) is 0 Å². The number of benzene rings is 1. The number of anilines is 1. The standard InChI is InChI=1S/C13H17N3/c1-4-14-13-5-6-15-16(13)12-8-10(2)7-11(3)9-12/h5-9,14H,4H2,1-3H3. The predicted octanol–water partition coefficient (Wildman–Crippen LogP) is 2.92. The van der Waals surface area contributed by atoms with E-state index in [2.05, 4.69) is 49.4 Å². The summed E-state index contributed by atoms with van der Waals surface area (Å²) in [5.41, 5.74) is 3.62. The van der Waals surface area contributed by atoms with Crippen molar-refractivity contribution in [3.63, 3.8) is 0 Å². The van der Waals surface area contributed by atoms with Crippen LogP contribution >= 0.6 is 0 Å². The van der Waals surface area contributed by atoms with Gasteiger partial charge in [0.25, 0.3) is 0 Å². The zero-order valence-corrected chi connectivity index (χ0v) is 9.99. The van der Waals surface area contributed by atoms with Gasteiger partial charge in [-0.15, -0.1) is 0 Å². The number of aryl methyl sites for hydroxylation is 2. The second-order valence-electron chi connectivity index (χ2n) is 4.00. The average molecular weight is 215 g/mol. The summed E-state index contributed by atoms with van der Waals surface area (Å²) in [4.78, 5) is 0. The second-order valence-corrected chi connectivity index (χ2v) is 4.00. The third kappa shape index (κ3) is 2.08. The van der Waals surface area contributed by atoms with Gasteiger partial charge in [-0.3, -0.25) is 0 Å². The lowest BCUT2D eigenvalue weighted by atomic mass is 10.1. The first-order chi connectivity index (χ1) is 7.70. The lowest BCUT2D eigenvalue weighted by Gasteiger charge is -2.09. The molecule has 0 bridgehead atoms. The summed E-state index contributed by atoms with van der Waals surface area (Å²) in [6, 6.07) is 8.43. The van der Waals surface area contributed by atoms with Crippen LogP contribution in [0.5, 0.6) is 0 Å². The van der Waals surface area contributed by atoms with Gasteiger partial charge in [0.2, 0.25) is 0 Å². The Hall–Kier alpha value is -1.77. The van der Waals surface area contributed by atoms with E-state index in [1.54, 1.807) is 0 Å². The van der Waals surface area contributed by atoms with Crippen molar-refractivity contribution in [2.45, 2.75) is 20.8 Å². The van der Waals surface area contributed by atoms with Gasteiger partial charge in [0.15, 0.2) is 0 Å². The molecule has 1 N–H and O–H groups in total. The van der Waals surface area contributed by atoms with E-state index in [1.807, 2.05) is 16.9 Å². The van der Waals surface area contributed by atoms with Gasteiger partial charge in [-0.2, -0.15) is 5.10 Å². The first-order valence-electron chi connectivity index (χ1n) is 5.57. The topological polar surface area (TPSA) is 29.9 Å².